The number of hydrogen-bond acceptors (Lipinski definition) is 3. The van der Waals surface area contributed by atoms with Crippen LogP contribution in [0, 0.1) is 11.8 Å². The number of carbonyl (C=O) groups is 1. The van der Waals surface area contributed by atoms with Crippen LogP contribution < -0.4 is 10.5 Å². The zero-order chi connectivity index (χ0) is 15.5. The Labute approximate surface area is 121 Å². The van der Waals surface area contributed by atoms with E-state index in [1.54, 1.807) is 6.07 Å². The summed E-state index contributed by atoms with van der Waals surface area (Å²) in [6.07, 6.45) is -1.78. The predicted octanol–water partition coefficient (Wildman–Crippen LogP) is 3.53. The predicted molar refractivity (Wildman–Crippen MR) is 72.0 cm³/mol. The molecule has 1 aliphatic rings. The molecule has 1 saturated carbocycles. The highest BCUT2D eigenvalue weighted by Gasteiger charge is 2.34. The number of para-hydroxylation sites is 1. The van der Waals surface area contributed by atoms with Crippen molar-refractivity contribution in [1.82, 2.24) is 0 Å². The van der Waals surface area contributed by atoms with Gasteiger partial charge >= 0.3 is 6.36 Å². The summed E-state index contributed by atoms with van der Waals surface area (Å²) in [4.78, 5) is 12.4. The van der Waals surface area contributed by atoms with Gasteiger partial charge in [0.1, 0.15) is 5.75 Å². The van der Waals surface area contributed by atoms with Gasteiger partial charge in [0.25, 0.3) is 0 Å². The van der Waals surface area contributed by atoms with Crippen LogP contribution >= 0.6 is 0 Å². The molecule has 3 nitrogen and oxygen atoms in total. The number of nitrogens with two attached hydrogens (primary N) is 1. The Morgan fingerprint density at radius 3 is 2.38 bits per heavy atom. The van der Waals surface area contributed by atoms with E-state index >= 15 is 0 Å². The quantitative estimate of drug-likeness (QED) is 0.866. The summed E-state index contributed by atoms with van der Waals surface area (Å²) >= 11 is 0. The number of ketones is 1. The van der Waals surface area contributed by atoms with E-state index in [0.29, 0.717) is 25.3 Å². The van der Waals surface area contributed by atoms with Gasteiger partial charge in [0, 0.05) is 5.92 Å². The Morgan fingerprint density at radius 2 is 1.81 bits per heavy atom. The largest absolute Gasteiger partial charge is 0.573 e. The van der Waals surface area contributed by atoms with Crippen LogP contribution in [0.2, 0.25) is 0 Å². The van der Waals surface area contributed by atoms with E-state index in [9.17, 15) is 18.0 Å². The standard InChI is InChI=1S/C15H18F3NO2/c16-15(17,18)21-13-4-2-1-3-12(13)14(20)11-7-5-10(9-19)6-8-11/h1-4,10-11H,5-9,19H2. The summed E-state index contributed by atoms with van der Waals surface area (Å²) in [5.74, 6) is -0.525. The zero-order valence-electron chi connectivity index (χ0n) is 11.5. The van der Waals surface area contributed by atoms with Gasteiger partial charge in [-0.1, -0.05) is 12.1 Å². The van der Waals surface area contributed by atoms with Crippen LogP contribution in [-0.2, 0) is 0 Å². The fraction of sp³-hybridized carbons (Fsp3) is 0.533. The van der Waals surface area contributed by atoms with Crippen LogP contribution in [0.25, 0.3) is 0 Å². The van der Waals surface area contributed by atoms with Crippen LogP contribution in [-0.4, -0.2) is 18.7 Å². The number of rotatable bonds is 4. The lowest BCUT2D eigenvalue weighted by molar-refractivity contribution is -0.274. The smallest absolute Gasteiger partial charge is 0.405 e. The molecule has 0 amide bonds. The minimum Gasteiger partial charge on any atom is -0.405 e. The lowest BCUT2D eigenvalue weighted by Crippen LogP contribution is -2.26. The second-order valence-electron chi connectivity index (χ2n) is 5.36. The molecular formula is C15H18F3NO2. The van der Waals surface area contributed by atoms with Crippen molar-refractivity contribution in [2.45, 2.75) is 32.0 Å². The third kappa shape index (κ3) is 4.20. The Hall–Kier alpha value is -1.56. The van der Waals surface area contributed by atoms with E-state index < -0.39 is 12.1 Å². The second kappa shape index (κ2) is 6.47. The van der Waals surface area contributed by atoms with Crippen LogP contribution in [0.5, 0.6) is 5.75 Å². The molecule has 0 heterocycles. The Balaban J connectivity index is 2.13. The molecular weight excluding hydrogens is 283 g/mol. The van der Waals surface area contributed by atoms with Crippen molar-refractivity contribution in [3.63, 3.8) is 0 Å². The van der Waals surface area contributed by atoms with Gasteiger partial charge in [-0.05, 0) is 50.3 Å². The van der Waals surface area contributed by atoms with E-state index in [0.717, 1.165) is 12.8 Å². The van der Waals surface area contributed by atoms with Gasteiger partial charge in [-0.3, -0.25) is 4.79 Å². The van der Waals surface area contributed by atoms with Gasteiger partial charge in [-0.2, -0.15) is 0 Å². The molecule has 0 saturated heterocycles. The van der Waals surface area contributed by atoms with Crippen LogP contribution in [0.4, 0.5) is 13.2 Å². The average Bonchev–Trinajstić information content (AvgIpc) is 2.45. The van der Waals surface area contributed by atoms with Crippen molar-refractivity contribution in [1.29, 1.82) is 0 Å². The number of alkyl halides is 3. The lowest BCUT2D eigenvalue weighted by Gasteiger charge is -2.27. The van der Waals surface area contributed by atoms with Crippen molar-refractivity contribution < 1.29 is 22.7 Å². The summed E-state index contributed by atoms with van der Waals surface area (Å²) in [6, 6.07) is 5.52. The Bertz CT molecular complexity index is 494. The molecule has 0 aromatic heterocycles. The highest BCUT2D eigenvalue weighted by atomic mass is 19.4. The summed E-state index contributed by atoms with van der Waals surface area (Å²) < 4.78 is 41.1. The minimum atomic E-state index is -4.80. The molecule has 0 aliphatic heterocycles. The highest BCUT2D eigenvalue weighted by molar-refractivity contribution is 6.00. The zero-order valence-corrected chi connectivity index (χ0v) is 11.5. The van der Waals surface area contributed by atoms with Crippen molar-refractivity contribution in [3.05, 3.63) is 29.8 Å². The Kier molecular flexibility index (Phi) is 4.88. The average molecular weight is 301 g/mol. The van der Waals surface area contributed by atoms with Gasteiger partial charge in [-0.15, -0.1) is 13.2 Å². The first kappa shape index (κ1) is 15.8. The van der Waals surface area contributed by atoms with E-state index in [1.807, 2.05) is 0 Å². The maximum Gasteiger partial charge on any atom is 0.573 e. The number of hydrogen-bond donors (Lipinski definition) is 1. The number of halogens is 3. The molecule has 2 N–H and O–H groups in total. The summed E-state index contributed by atoms with van der Waals surface area (Å²) in [7, 11) is 0. The molecule has 1 aliphatic carbocycles. The normalized spacial score (nSPS) is 22.9. The van der Waals surface area contributed by atoms with Gasteiger partial charge < -0.3 is 10.5 Å². The molecule has 0 bridgehead atoms. The molecule has 1 aromatic carbocycles. The summed E-state index contributed by atoms with van der Waals surface area (Å²) in [6.45, 7) is 0.592. The van der Waals surface area contributed by atoms with Crippen molar-refractivity contribution in [2.75, 3.05) is 6.54 Å². The number of Topliss-reactive ketones (excluding diaryl/α,β-unsaturated/α-hetero) is 1. The first-order valence-electron chi connectivity index (χ1n) is 6.99. The SMILES string of the molecule is NCC1CCC(C(=O)c2ccccc2OC(F)(F)F)CC1. The van der Waals surface area contributed by atoms with E-state index in [2.05, 4.69) is 4.74 Å². The molecule has 2 rings (SSSR count). The van der Waals surface area contributed by atoms with Gasteiger partial charge in [0.05, 0.1) is 5.56 Å². The summed E-state index contributed by atoms with van der Waals surface area (Å²) in [5.41, 5.74) is 5.61. The third-order valence-electron chi connectivity index (χ3n) is 3.93. The summed E-state index contributed by atoms with van der Waals surface area (Å²) in [5, 5.41) is 0. The van der Waals surface area contributed by atoms with E-state index in [4.69, 9.17) is 5.73 Å². The third-order valence-corrected chi connectivity index (χ3v) is 3.93. The molecule has 21 heavy (non-hydrogen) atoms. The van der Waals surface area contributed by atoms with E-state index in [-0.39, 0.29) is 17.3 Å². The fourth-order valence-corrected chi connectivity index (χ4v) is 2.76. The van der Waals surface area contributed by atoms with Crippen LogP contribution in [0.15, 0.2) is 24.3 Å². The molecule has 0 radical (unpaired) electrons. The second-order valence-corrected chi connectivity index (χ2v) is 5.36. The fourth-order valence-electron chi connectivity index (χ4n) is 2.76. The maximum absolute atomic E-state index is 12.4. The highest BCUT2D eigenvalue weighted by Crippen LogP contribution is 2.34. The van der Waals surface area contributed by atoms with Gasteiger partial charge in [0.15, 0.2) is 5.78 Å². The first-order chi connectivity index (χ1) is 9.90. The van der Waals surface area contributed by atoms with E-state index in [1.165, 1.54) is 18.2 Å². The first-order valence-corrected chi connectivity index (χ1v) is 6.99. The molecule has 1 fully saturated rings. The maximum atomic E-state index is 12.4. The minimum absolute atomic E-state index is 0.00558. The topological polar surface area (TPSA) is 52.3 Å². The lowest BCUT2D eigenvalue weighted by atomic mass is 9.78. The monoisotopic (exact) mass is 301 g/mol. The number of carbonyl (C=O) groups excluding carboxylic acids is 1. The molecule has 0 atom stereocenters. The number of benzene rings is 1. The van der Waals surface area contributed by atoms with Crippen LogP contribution in [0.3, 0.4) is 0 Å². The van der Waals surface area contributed by atoms with Gasteiger partial charge in [-0.25, -0.2) is 0 Å². The van der Waals surface area contributed by atoms with Crippen molar-refractivity contribution in [2.24, 2.45) is 17.6 Å². The number of ether oxygens (including phenoxy) is 1. The van der Waals surface area contributed by atoms with Crippen molar-refractivity contribution in [3.8, 4) is 5.75 Å². The van der Waals surface area contributed by atoms with Gasteiger partial charge in [0.2, 0.25) is 0 Å². The molecule has 0 unspecified atom stereocenters. The molecule has 116 valence electrons. The molecule has 1 aromatic rings. The molecule has 0 spiro atoms. The Morgan fingerprint density at radius 1 is 1.19 bits per heavy atom. The van der Waals surface area contributed by atoms with Crippen LogP contribution in [0.1, 0.15) is 36.0 Å². The molecule has 6 heteroatoms. The van der Waals surface area contributed by atoms with Crippen molar-refractivity contribution >= 4 is 5.78 Å².